The predicted molar refractivity (Wildman–Crippen MR) is 123 cm³/mol. The van der Waals surface area contributed by atoms with E-state index in [2.05, 4.69) is 26.5 Å². The number of halogens is 2. The molecule has 32 heavy (non-hydrogen) atoms. The van der Waals surface area contributed by atoms with E-state index in [1.54, 1.807) is 18.2 Å². The van der Waals surface area contributed by atoms with Crippen LogP contribution in [0.5, 0.6) is 28.7 Å². The zero-order chi connectivity index (χ0) is 23.3. The Labute approximate surface area is 196 Å². The molecule has 4 N–H and O–H groups in total. The highest BCUT2D eigenvalue weighted by Gasteiger charge is 2.14. The quantitative estimate of drug-likeness (QED) is 0.205. The molecule has 0 aliphatic carbocycles. The first kappa shape index (κ1) is 23.2. The van der Waals surface area contributed by atoms with Gasteiger partial charge in [0.25, 0.3) is 5.91 Å². The number of phenols is 3. The number of benzene rings is 3. The van der Waals surface area contributed by atoms with Gasteiger partial charge in [-0.25, -0.2) is 5.43 Å². The first-order chi connectivity index (χ1) is 15.3. The Balaban J connectivity index is 1.72. The van der Waals surface area contributed by atoms with E-state index in [4.69, 9.17) is 21.1 Å². The highest BCUT2D eigenvalue weighted by atomic mass is 79.9. The van der Waals surface area contributed by atoms with Gasteiger partial charge in [0.1, 0.15) is 6.61 Å². The summed E-state index contributed by atoms with van der Waals surface area (Å²) < 4.78 is 11.9. The molecule has 0 heterocycles. The van der Waals surface area contributed by atoms with Crippen LogP contribution in [0.1, 0.15) is 21.5 Å². The predicted octanol–water partition coefficient (Wildman–Crippen LogP) is 4.57. The fourth-order valence-electron chi connectivity index (χ4n) is 2.69. The number of ether oxygens (including phenoxy) is 2. The Hall–Kier alpha value is -3.43. The van der Waals surface area contributed by atoms with Crippen molar-refractivity contribution in [2.24, 2.45) is 5.10 Å². The number of nitrogens with zero attached hydrogens (tertiary/aromatic N) is 1. The Morgan fingerprint density at radius 3 is 2.50 bits per heavy atom. The molecule has 0 radical (unpaired) electrons. The van der Waals surface area contributed by atoms with Gasteiger partial charge in [0.2, 0.25) is 0 Å². The van der Waals surface area contributed by atoms with Gasteiger partial charge in [0.05, 0.1) is 17.8 Å². The molecule has 0 atom stereocenters. The maximum Gasteiger partial charge on any atom is 0.271 e. The largest absolute Gasteiger partial charge is 0.504 e. The van der Waals surface area contributed by atoms with E-state index in [0.717, 1.165) is 17.7 Å². The molecular weight excluding hydrogens is 504 g/mol. The third-order valence-corrected chi connectivity index (χ3v) is 5.25. The lowest BCUT2D eigenvalue weighted by Gasteiger charge is -2.14. The van der Waals surface area contributed by atoms with E-state index >= 15 is 0 Å². The summed E-state index contributed by atoms with van der Waals surface area (Å²) in [6.07, 6.45) is 1.38. The van der Waals surface area contributed by atoms with Gasteiger partial charge in [-0.3, -0.25) is 4.79 Å². The minimum atomic E-state index is -0.709. The summed E-state index contributed by atoms with van der Waals surface area (Å²) in [6.45, 7) is 0.241. The molecule has 8 nitrogen and oxygen atoms in total. The topological polar surface area (TPSA) is 121 Å². The second kappa shape index (κ2) is 10.3. The summed E-state index contributed by atoms with van der Waals surface area (Å²) in [4.78, 5) is 12.1. The summed E-state index contributed by atoms with van der Waals surface area (Å²) in [5.74, 6) is -1.74. The summed E-state index contributed by atoms with van der Waals surface area (Å²) in [5.41, 5.74) is 3.60. The number of phenolic OH excluding ortho intramolecular Hbond substituents is 3. The molecular formula is C22H18BrClN2O6. The molecule has 0 saturated heterocycles. The average molecular weight is 522 g/mol. The third kappa shape index (κ3) is 5.43. The van der Waals surface area contributed by atoms with E-state index in [9.17, 15) is 20.1 Å². The number of amides is 1. The van der Waals surface area contributed by atoms with Crippen LogP contribution >= 0.6 is 27.5 Å². The molecule has 0 spiro atoms. The number of nitrogens with one attached hydrogen (secondary N) is 1. The normalized spacial score (nSPS) is 10.8. The van der Waals surface area contributed by atoms with Crippen LogP contribution in [0.2, 0.25) is 5.02 Å². The van der Waals surface area contributed by atoms with Crippen LogP contribution < -0.4 is 14.9 Å². The number of carbonyl (C=O) groups excluding carboxylic acids is 1. The van der Waals surface area contributed by atoms with Gasteiger partial charge in [0.15, 0.2) is 28.7 Å². The van der Waals surface area contributed by atoms with Crippen molar-refractivity contribution in [1.29, 1.82) is 0 Å². The van der Waals surface area contributed by atoms with Crippen LogP contribution in [0.15, 0.2) is 58.1 Å². The van der Waals surface area contributed by atoms with Gasteiger partial charge in [-0.1, -0.05) is 29.8 Å². The summed E-state index contributed by atoms with van der Waals surface area (Å²) in [6, 6.07) is 12.7. The van der Waals surface area contributed by atoms with E-state index < -0.39 is 23.2 Å². The molecule has 0 aliphatic heterocycles. The number of hydrazone groups is 1. The van der Waals surface area contributed by atoms with Gasteiger partial charge in [-0.05, 0) is 51.8 Å². The summed E-state index contributed by atoms with van der Waals surface area (Å²) in [5, 5.41) is 32.8. The van der Waals surface area contributed by atoms with Crippen LogP contribution in [0, 0.1) is 0 Å². The van der Waals surface area contributed by atoms with Gasteiger partial charge in [-0.2, -0.15) is 5.10 Å². The molecule has 0 saturated carbocycles. The first-order valence-corrected chi connectivity index (χ1v) is 10.3. The number of aromatic hydroxyl groups is 3. The van der Waals surface area contributed by atoms with Crippen molar-refractivity contribution in [2.75, 3.05) is 7.11 Å². The lowest BCUT2D eigenvalue weighted by atomic mass is 10.2. The Kier molecular flexibility index (Phi) is 7.45. The zero-order valence-corrected chi connectivity index (χ0v) is 19.0. The average Bonchev–Trinajstić information content (AvgIpc) is 2.77. The highest BCUT2D eigenvalue weighted by molar-refractivity contribution is 9.10. The van der Waals surface area contributed by atoms with Gasteiger partial charge in [-0.15, -0.1) is 0 Å². The third-order valence-electron chi connectivity index (χ3n) is 4.29. The Morgan fingerprint density at radius 1 is 1.16 bits per heavy atom. The van der Waals surface area contributed by atoms with Crippen molar-refractivity contribution >= 4 is 39.7 Å². The Morgan fingerprint density at radius 2 is 1.84 bits per heavy atom. The standard InChI is InChI=1S/C22H18BrClN2O6/c1-31-19-7-12(6-15(23)21(19)32-11-13-4-2-3-5-16(13)24)10-25-26-22(30)14-8-17(27)20(29)18(28)9-14/h2-10,27-29H,11H2,1H3,(H,26,30)/b25-10+. The number of hydrogen-bond donors (Lipinski definition) is 4. The van der Waals surface area contributed by atoms with Crippen LogP contribution in [0.4, 0.5) is 0 Å². The summed E-state index contributed by atoms with van der Waals surface area (Å²) >= 11 is 9.61. The number of rotatable bonds is 7. The van der Waals surface area contributed by atoms with Crippen molar-refractivity contribution in [3.05, 3.63) is 74.7 Å². The molecule has 0 aromatic heterocycles. The van der Waals surface area contributed by atoms with Gasteiger partial charge < -0.3 is 24.8 Å². The molecule has 0 fully saturated rings. The second-order valence-corrected chi connectivity index (χ2v) is 7.74. The molecule has 3 rings (SSSR count). The fourth-order valence-corrected chi connectivity index (χ4v) is 3.45. The maximum absolute atomic E-state index is 12.1. The van der Waals surface area contributed by atoms with E-state index in [1.165, 1.54) is 13.3 Å². The van der Waals surface area contributed by atoms with Crippen molar-refractivity contribution in [1.82, 2.24) is 5.43 Å². The number of methoxy groups -OCH3 is 1. The van der Waals surface area contributed by atoms with Crippen molar-refractivity contribution in [3.8, 4) is 28.7 Å². The monoisotopic (exact) mass is 520 g/mol. The lowest BCUT2D eigenvalue weighted by molar-refractivity contribution is 0.0954. The highest BCUT2D eigenvalue weighted by Crippen LogP contribution is 2.37. The minimum Gasteiger partial charge on any atom is -0.504 e. The number of hydrogen-bond acceptors (Lipinski definition) is 7. The van der Waals surface area contributed by atoms with Gasteiger partial charge in [0, 0.05) is 16.1 Å². The smallest absolute Gasteiger partial charge is 0.271 e. The van der Waals surface area contributed by atoms with Crippen LogP contribution in [-0.2, 0) is 6.61 Å². The molecule has 0 aliphatic rings. The van der Waals surface area contributed by atoms with Crippen LogP contribution in [0.3, 0.4) is 0 Å². The Bertz CT molecular complexity index is 1160. The van der Waals surface area contributed by atoms with Crippen molar-refractivity contribution in [3.63, 3.8) is 0 Å². The fraction of sp³-hybridized carbons (Fsp3) is 0.0909. The molecule has 10 heteroatoms. The van der Waals surface area contributed by atoms with E-state index in [-0.39, 0.29) is 12.2 Å². The van der Waals surface area contributed by atoms with Crippen LogP contribution in [-0.4, -0.2) is 34.6 Å². The molecule has 166 valence electrons. The van der Waals surface area contributed by atoms with E-state index in [1.807, 2.05) is 18.2 Å². The SMILES string of the molecule is COc1cc(/C=N/NC(=O)c2cc(O)c(O)c(O)c2)cc(Br)c1OCc1ccccc1Cl. The maximum atomic E-state index is 12.1. The summed E-state index contributed by atoms with van der Waals surface area (Å²) in [7, 11) is 1.50. The van der Waals surface area contributed by atoms with Crippen molar-refractivity contribution in [2.45, 2.75) is 6.61 Å². The molecule has 3 aromatic carbocycles. The lowest BCUT2D eigenvalue weighted by Crippen LogP contribution is -2.17. The molecule has 1 amide bonds. The minimum absolute atomic E-state index is 0.0861. The van der Waals surface area contributed by atoms with Gasteiger partial charge >= 0.3 is 0 Å². The van der Waals surface area contributed by atoms with Crippen LogP contribution in [0.25, 0.3) is 0 Å². The first-order valence-electron chi connectivity index (χ1n) is 9.12. The molecule has 0 bridgehead atoms. The van der Waals surface area contributed by atoms with E-state index in [0.29, 0.717) is 26.6 Å². The number of carbonyl (C=O) groups is 1. The molecule has 0 unspecified atom stereocenters. The zero-order valence-electron chi connectivity index (χ0n) is 16.7. The van der Waals surface area contributed by atoms with Crippen molar-refractivity contribution < 1.29 is 29.6 Å². The molecule has 3 aromatic rings. The second-order valence-electron chi connectivity index (χ2n) is 6.48.